The van der Waals surface area contributed by atoms with Gasteiger partial charge in [-0.3, -0.25) is 4.79 Å². The molecule has 1 aliphatic heterocycles. The first-order valence-electron chi connectivity index (χ1n) is 6.20. The Balaban J connectivity index is 2.23. The lowest BCUT2D eigenvalue weighted by Crippen LogP contribution is -2.53. The molecule has 1 aliphatic rings. The van der Waals surface area contributed by atoms with Gasteiger partial charge in [-0.1, -0.05) is 18.2 Å². The molecule has 0 radical (unpaired) electrons. The van der Waals surface area contributed by atoms with E-state index in [1.165, 1.54) is 4.90 Å². The van der Waals surface area contributed by atoms with E-state index < -0.39 is 40.9 Å². The third-order valence-corrected chi connectivity index (χ3v) is 3.28. The number of hydrogen-bond acceptors (Lipinski definition) is 4. The number of hydrogen-bond donors (Lipinski definition) is 0. The monoisotopic (exact) mass is 321 g/mol. The van der Waals surface area contributed by atoms with Crippen molar-refractivity contribution in [2.45, 2.75) is 18.4 Å². The maximum Gasteiger partial charge on any atom is 0.477 e. The molecule has 2 atom stereocenters. The van der Waals surface area contributed by atoms with Crippen LogP contribution in [0, 0.1) is 10.1 Å². The Morgan fingerprint density at radius 3 is 2.36 bits per heavy atom. The number of para-hydroxylation sites is 1. The molecular formula is C12H11F4N3O3. The molecule has 1 aromatic carbocycles. The Morgan fingerprint density at radius 2 is 1.86 bits per heavy atom. The van der Waals surface area contributed by atoms with Crippen molar-refractivity contribution in [3.8, 4) is 0 Å². The van der Waals surface area contributed by atoms with E-state index in [1.54, 1.807) is 30.3 Å². The standard InChI is InChI=1S/C12H11F4N3O3/c13-9-6-17(8-4-2-1-3-5-8)7-10(9)18(19(21)22)11(20)12(14,15)16/h1-5,9-10H,6-7H2. The number of halogens is 4. The topological polar surface area (TPSA) is 66.7 Å². The van der Waals surface area contributed by atoms with Crippen molar-refractivity contribution in [3.05, 3.63) is 40.4 Å². The summed E-state index contributed by atoms with van der Waals surface area (Å²) in [6.07, 6.45) is -7.40. The van der Waals surface area contributed by atoms with Gasteiger partial charge >= 0.3 is 12.1 Å². The molecule has 2 unspecified atom stereocenters. The molecule has 0 aromatic heterocycles. The van der Waals surface area contributed by atoms with Crippen molar-refractivity contribution in [1.82, 2.24) is 5.01 Å². The smallest absolute Gasteiger partial charge is 0.366 e. The van der Waals surface area contributed by atoms with Crippen LogP contribution in [0.1, 0.15) is 0 Å². The van der Waals surface area contributed by atoms with Crippen LogP contribution in [0.2, 0.25) is 0 Å². The predicted octanol–water partition coefficient (Wildman–Crippen LogP) is 1.80. The van der Waals surface area contributed by atoms with E-state index in [-0.39, 0.29) is 6.54 Å². The van der Waals surface area contributed by atoms with E-state index in [1.807, 2.05) is 0 Å². The summed E-state index contributed by atoms with van der Waals surface area (Å²) in [5.41, 5.74) is 0.510. The number of rotatable bonds is 3. The van der Waals surface area contributed by atoms with Crippen molar-refractivity contribution in [1.29, 1.82) is 0 Å². The third-order valence-electron chi connectivity index (χ3n) is 3.28. The average molecular weight is 321 g/mol. The number of amides is 1. The minimum absolute atomic E-state index is 0.329. The van der Waals surface area contributed by atoms with Gasteiger partial charge in [0.2, 0.25) is 0 Å². The zero-order chi connectivity index (χ0) is 16.5. The molecule has 0 spiro atoms. The normalized spacial score (nSPS) is 21.7. The maximum atomic E-state index is 14.0. The first-order chi connectivity index (χ1) is 10.2. The molecule has 6 nitrogen and oxygen atoms in total. The maximum absolute atomic E-state index is 14.0. The minimum atomic E-state index is -5.44. The molecule has 22 heavy (non-hydrogen) atoms. The van der Waals surface area contributed by atoms with Crippen molar-refractivity contribution in [2.24, 2.45) is 0 Å². The quantitative estimate of drug-likeness (QED) is 0.484. The fraction of sp³-hybridized carbons (Fsp3) is 0.417. The Morgan fingerprint density at radius 1 is 1.27 bits per heavy atom. The highest BCUT2D eigenvalue weighted by Crippen LogP contribution is 2.28. The number of anilines is 1. The van der Waals surface area contributed by atoms with Gasteiger partial charge in [0.1, 0.15) is 12.2 Å². The number of carbonyl (C=O) groups is 1. The highest BCUT2D eigenvalue weighted by Gasteiger charge is 2.54. The van der Waals surface area contributed by atoms with Crippen LogP contribution >= 0.6 is 0 Å². The summed E-state index contributed by atoms with van der Waals surface area (Å²) in [5, 5.41) is 8.62. The van der Waals surface area contributed by atoms with Crippen LogP contribution in [-0.4, -0.2) is 47.4 Å². The van der Waals surface area contributed by atoms with Crippen LogP contribution in [0.25, 0.3) is 0 Å². The highest BCUT2D eigenvalue weighted by molar-refractivity contribution is 5.81. The number of nitro groups is 1. The van der Waals surface area contributed by atoms with Gasteiger partial charge in [-0.05, 0) is 17.1 Å². The van der Waals surface area contributed by atoms with Crippen LogP contribution in [-0.2, 0) is 4.79 Å². The molecule has 10 heteroatoms. The van der Waals surface area contributed by atoms with E-state index in [0.717, 1.165) is 0 Å². The van der Waals surface area contributed by atoms with E-state index in [2.05, 4.69) is 0 Å². The molecule has 1 saturated heterocycles. The summed E-state index contributed by atoms with van der Waals surface area (Å²) < 4.78 is 51.3. The van der Waals surface area contributed by atoms with Crippen LogP contribution in [0.5, 0.6) is 0 Å². The first kappa shape index (κ1) is 16.0. The third kappa shape index (κ3) is 3.10. The summed E-state index contributed by atoms with van der Waals surface area (Å²) >= 11 is 0. The second-order valence-corrected chi connectivity index (χ2v) is 4.71. The molecular weight excluding hydrogens is 310 g/mol. The van der Waals surface area contributed by atoms with Gasteiger partial charge in [-0.2, -0.15) is 13.2 Å². The second kappa shape index (κ2) is 5.78. The number of alkyl halides is 4. The summed E-state index contributed by atoms with van der Waals surface area (Å²) in [6.45, 7) is -0.724. The fourth-order valence-corrected chi connectivity index (χ4v) is 2.30. The van der Waals surface area contributed by atoms with Gasteiger partial charge in [0.25, 0.3) is 0 Å². The molecule has 0 N–H and O–H groups in total. The molecule has 1 fully saturated rings. The summed E-state index contributed by atoms with van der Waals surface area (Å²) in [6, 6.07) is 6.36. The fourth-order valence-electron chi connectivity index (χ4n) is 2.30. The summed E-state index contributed by atoms with van der Waals surface area (Å²) in [7, 11) is 0. The number of benzene rings is 1. The molecule has 1 amide bonds. The largest absolute Gasteiger partial charge is 0.477 e. The van der Waals surface area contributed by atoms with Gasteiger partial charge in [0, 0.05) is 12.2 Å². The van der Waals surface area contributed by atoms with Crippen molar-refractivity contribution in [2.75, 3.05) is 18.0 Å². The van der Waals surface area contributed by atoms with Gasteiger partial charge in [0.15, 0.2) is 5.03 Å². The van der Waals surface area contributed by atoms with E-state index in [0.29, 0.717) is 5.69 Å². The van der Waals surface area contributed by atoms with E-state index in [4.69, 9.17) is 0 Å². The Hall–Kier alpha value is -2.39. The zero-order valence-corrected chi connectivity index (χ0v) is 11.0. The van der Waals surface area contributed by atoms with Gasteiger partial charge in [0.05, 0.1) is 6.54 Å². The zero-order valence-electron chi connectivity index (χ0n) is 11.0. The molecule has 1 heterocycles. The van der Waals surface area contributed by atoms with Crippen molar-refractivity contribution >= 4 is 11.6 Å². The minimum Gasteiger partial charge on any atom is -0.366 e. The van der Waals surface area contributed by atoms with Gasteiger partial charge in [-0.25, -0.2) is 14.5 Å². The van der Waals surface area contributed by atoms with Crippen molar-refractivity contribution in [3.63, 3.8) is 0 Å². The summed E-state index contributed by atoms with van der Waals surface area (Å²) in [5.74, 6) is -2.68. The predicted molar refractivity (Wildman–Crippen MR) is 67.2 cm³/mol. The second-order valence-electron chi connectivity index (χ2n) is 4.71. The van der Waals surface area contributed by atoms with Gasteiger partial charge in [-0.15, -0.1) is 0 Å². The Kier molecular flexibility index (Phi) is 4.20. The first-order valence-corrected chi connectivity index (χ1v) is 6.20. The lowest BCUT2D eigenvalue weighted by molar-refractivity contribution is -0.645. The number of hydrazine groups is 1. The van der Waals surface area contributed by atoms with Crippen LogP contribution in [0.4, 0.5) is 23.2 Å². The molecule has 2 rings (SSSR count). The molecule has 0 saturated carbocycles. The van der Waals surface area contributed by atoms with Crippen LogP contribution < -0.4 is 4.90 Å². The lowest BCUT2D eigenvalue weighted by Gasteiger charge is -2.21. The van der Waals surface area contributed by atoms with Crippen molar-refractivity contribution < 1.29 is 27.4 Å². The Labute approximate surface area is 122 Å². The molecule has 120 valence electrons. The summed E-state index contributed by atoms with van der Waals surface area (Å²) in [4.78, 5) is 23.3. The van der Waals surface area contributed by atoms with Crippen LogP contribution in [0.15, 0.2) is 30.3 Å². The molecule has 0 bridgehead atoms. The van der Waals surface area contributed by atoms with Crippen LogP contribution in [0.3, 0.4) is 0 Å². The lowest BCUT2D eigenvalue weighted by atomic mass is 10.2. The van der Waals surface area contributed by atoms with E-state index >= 15 is 0 Å². The highest BCUT2D eigenvalue weighted by atomic mass is 19.4. The van der Waals surface area contributed by atoms with E-state index in [9.17, 15) is 32.5 Å². The number of nitrogens with zero attached hydrogens (tertiary/aromatic N) is 3. The average Bonchev–Trinajstić information content (AvgIpc) is 2.81. The van der Waals surface area contributed by atoms with Gasteiger partial charge < -0.3 is 4.90 Å². The molecule has 1 aromatic rings. The molecule has 0 aliphatic carbocycles. The Bertz CT molecular complexity index is 566. The number of carbonyl (C=O) groups excluding carboxylic acids is 1. The SMILES string of the molecule is O=C(N(C1CN(c2ccccc2)CC1F)[N+](=O)[O-])C(F)(F)F.